The predicted molar refractivity (Wildman–Crippen MR) is 69.6 cm³/mol. The lowest BCUT2D eigenvalue weighted by atomic mass is 10.0. The molecule has 1 rings (SSSR count). The van der Waals surface area contributed by atoms with Crippen LogP contribution in [0.15, 0.2) is 24.3 Å². The Morgan fingerprint density at radius 3 is 2.56 bits per heavy atom. The number of anilines is 1. The highest BCUT2D eigenvalue weighted by Crippen LogP contribution is 2.13. The minimum atomic E-state index is -0.894. The number of nitrogens with one attached hydrogen (secondary N) is 2. The molecule has 0 aromatic heterocycles. The molecule has 0 aliphatic heterocycles. The maximum absolute atomic E-state index is 11.9. The molecule has 0 saturated heterocycles. The lowest BCUT2D eigenvalue weighted by Crippen LogP contribution is -2.47. The van der Waals surface area contributed by atoms with Crippen LogP contribution in [0.25, 0.3) is 0 Å². The Hall–Kier alpha value is -1.88. The van der Waals surface area contributed by atoms with E-state index in [4.69, 9.17) is 5.11 Å². The van der Waals surface area contributed by atoms with Crippen molar-refractivity contribution < 1.29 is 14.7 Å². The molecule has 18 heavy (non-hydrogen) atoms. The molecule has 5 nitrogen and oxygen atoms in total. The van der Waals surface area contributed by atoms with Gasteiger partial charge in [-0.1, -0.05) is 12.1 Å². The van der Waals surface area contributed by atoms with Crippen LogP contribution in [0.1, 0.15) is 19.4 Å². The molecule has 0 aliphatic rings. The Labute approximate surface area is 106 Å². The molecule has 0 unspecified atom stereocenters. The van der Waals surface area contributed by atoms with Crippen LogP contribution in [0.3, 0.4) is 0 Å². The Morgan fingerprint density at radius 2 is 2.00 bits per heavy atom. The van der Waals surface area contributed by atoms with E-state index in [2.05, 4.69) is 10.6 Å². The van der Waals surface area contributed by atoms with Crippen molar-refractivity contribution in [3.8, 4) is 0 Å². The van der Waals surface area contributed by atoms with Crippen LogP contribution < -0.4 is 10.6 Å². The van der Waals surface area contributed by atoms with E-state index < -0.39 is 11.5 Å². The summed E-state index contributed by atoms with van der Waals surface area (Å²) in [5.74, 6) is -1.06. The molecule has 3 N–H and O–H groups in total. The smallest absolute Gasteiger partial charge is 0.307 e. The van der Waals surface area contributed by atoms with Crippen LogP contribution in [0.5, 0.6) is 0 Å². The van der Waals surface area contributed by atoms with Crippen molar-refractivity contribution in [2.75, 3.05) is 12.4 Å². The third kappa shape index (κ3) is 3.85. The molecule has 5 heteroatoms. The van der Waals surface area contributed by atoms with Gasteiger partial charge in [0.2, 0.25) is 5.91 Å². The minimum absolute atomic E-state index is 0.0564. The second-order valence-corrected chi connectivity index (χ2v) is 4.60. The number of likely N-dealkylation sites (N-methyl/N-ethyl adjacent to an activating group) is 1. The molecule has 0 bridgehead atoms. The van der Waals surface area contributed by atoms with Gasteiger partial charge in [-0.2, -0.15) is 0 Å². The summed E-state index contributed by atoms with van der Waals surface area (Å²) in [5, 5.41) is 14.4. The van der Waals surface area contributed by atoms with Crippen molar-refractivity contribution in [3.05, 3.63) is 29.8 Å². The van der Waals surface area contributed by atoms with Gasteiger partial charge in [0.25, 0.3) is 0 Å². The van der Waals surface area contributed by atoms with E-state index in [9.17, 15) is 9.59 Å². The summed E-state index contributed by atoms with van der Waals surface area (Å²) in [4.78, 5) is 22.5. The molecular weight excluding hydrogens is 232 g/mol. The van der Waals surface area contributed by atoms with E-state index in [-0.39, 0.29) is 12.3 Å². The fourth-order valence-corrected chi connectivity index (χ4v) is 1.33. The zero-order chi connectivity index (χ0) is 13.8. The van der Waals surface area contributed by atoms with Crippen LogP contribution in [-0.4, -0.2) is 29.6 Å². The second kappa shape index (κ2) is 5.64. The zero-order valence-corrected chi connectivity index (χ0v) is 10.8. The van der Waals surface area contributed by atoms with Gasteiger partial charge in [0.05, 0.1) is 12.0 Å². The first-order chi connectivity index (χ1) is 8.35. The summed E-state index contributed by atoms with van der Waals surface area (Å²) in [6, 6.07) is 6.83. The standard InChI is InChI=1S/C13H18N2O3/c1-13(2,14-3)12(18)15-10-6-4-5-9(7-10)8-11(16)17/h4-7,14H,8H2,1-3H3,(H,15,18)(H,16,17). The first-order valence-electron chi connectivity index (χ1n) is 5.66. The van der Waals surface area contributed by atoms with Crippen LogP contribution in [0.4, 0.5) is 5.69 Å². The quantitative estimate of drug-likeness (QED) is 0.735. The Balaban J connectivity index is 2.79. The van der Waals surface area contributed by atoms with E-state index in [1.807, 2.05) is 0 Å². The average Bonchev–Trinajstić information content (AvgIpc) is 2.28. The van der Waals surface area contributed by atoms with Gasteiger partial charge in [0, 0.05) is 5.69 Å². The number of hydrogen-bond donors (Lipinski definition) is 3. The van der Waals surface area contributed by atoms with Crippen molar-refractivity contribution in [1.29, 1.82) is 0 Å². The molecule has 0 spiro atoms. The summed E-state index contributed by atoms with van der Waals surface area (Å²) in [6.45, 7) is 3.53. The van der Waals surface area contributed by atoms with Crippen LogP contribution in [0, 0.1) is 0 Å². The summed E-state index contributed by atoms with van der Waals surface area (Å²) in [6.07, 6.45) is -0.0564. The number of carbonyl (C=O) groups is 2. The number of benzene rings is 1. The van der Waals surface area contributed by atoms with Crippen molar-refractivity contribution in [2.45, 2.75) is 25.8 Å². The normalized spacial score (nSPS) is 11.1. The third-order valence-electron chi connectivity index (χ3n) is 2.73. The summed E-state index contributed by atoms with van der Waals surface area (Å²) in [5.41, 5.74) is 0.577. The minimum Gasteiger partial charge on any atom is -0.481 e. The third-order valence-corrected chi connectivity index (χ3v) is 2.73. The van der Waals surface area contributed by atoms with E-state index in [1.54, 1.807) is 45.2 Å². The summed E-state index contributed by atoms with van der Waals surface area (Å²) in [7, 11) is 1.71. The fourth-order valence-electron chi connectivity index (χ4n) is 1.33. The largest absolute Gasteiger partial charge is 0.481 e. The van der Waals surface area contributed by atoms with Crippen LogP contribution in [0.2, 0.25) is 0 Å². The number of carboxylic acid groups (broad SMARTS) is 1. The van der Waals surface area contributed by atoms with E-state index in [0.29, 0.717) is 11.3 Å². The maximum Gasteiger partial charge on any atom is 0.307 e. The van der Waals surface area contributed by atoms with Crippen molar-refractivity contribution in [1.82, 2.24) is 5.32 Å². The van der Waals surface area contributed by atoms with Gasteiger partial charge in [-0.25, -0.2) is 0 Å². The maximum atomic E-state index is 11.9. The molecule has 98 valence electrons. The summed E-state index contributed by atoms with van der Waals surface area (Å²) < 4.78 is 0. The van der Waals surface area contributed by atoms with Crippen molar-refractivity contribution >= 4 is 17.6 Å². The van der Waals surface area contributed by atoms with Gasteiger partial charge in [-0.15, -0.1) is 0 Å². The molecule has 1 aromatic carbocycles. The number of amides is 1. The van der Waals surface area contributed by atoms with Crippen molar-refractivity contribution in [3.63, 3.8) is 0 Å². The van der Waals surface area contributed by atoms with E-state index in [1.165, 1.54) is 0 Å². The van der Waals surface area contributed by atoms with Crippen LogP contribution >= 0.6 is 0 Å². The Kier molecular flexibility index (Phi) is 4.44. The zero-order valence-electron chi connectivity index (χ0n) is 10.8. The highest BCUT2D eigenvalue weighted by Gasteiger charge is 2.25. The average molecular weight is 250 g/mol. The first kappa shape index (κ1) is 14.2. The summed E-state index contributed by atoms with van der Waals surface area (Å²) >= 11 is 0. The number of hydrogen-bond acceptors (Lipinski definition) is 3. The van der Waals surface area contributed by atoms with Gasteiger partial charge < -0.3 is 15.7 Å². The van der Waals surface area contributed by atoms with Gasteiger partial charge in [0.15, 0.2) is 0 Å². The van der Waals surface area contributed by atoms with Crippen LogP contribution in [-0.2, 0) is 16.0 Å². The molecule has 0 atom stereocenters. The van der Waals surface area contributed by atoms with Gasteiger partial charge in [-0.05, 0) is 38.6 Å². The molecule has 0 fully saturated rings. The molecule has 0 aliphatic carbocycles. The number of carboxylic acids is 1. The predicted octanol–water partition coefficient (Wildman–Crippen LogP) is 1.25. The highest BCUT2D eigenvalue weighted by molar-refractivity contribution is 5.97. The van der Waals surface area contributed by atoms with E-state index in [0.717, 1.165) is 0 Å². The molecule has 1 amide bonds. The molecule has 0 radical (unpaired) electrons. The Bertz CT molecular complexity index is 455. The monoisotopic (exact) mass is 250 g/mol. The fraction of sp³-hybridized carbons (Fsp3) is 0.385. The van der Waals surface area contributed by atoms with Crippen molar-refractivity contribution in [2.24, 2.45) is 0 Å². The molecule has 0 heterocycles. The van der Waals surface area contributed by atoms with E-state index >= 15 is 0 Å². The van der Waals surface area contributed by atoms with Gasteiger partial charge in [0.1, 0.15) is 0 Å². The van der Waals surface area contributed by atoms with Gasteiger partial charge >= 0.3 is 5.97 Å². The Morgan fingerprint density at radius 1 is 1.33 bits per heavy atom. The molecular formula is C13H18N2O3. The van der Waals surface area contributed by atoms with Gasteiger partial charge in [-0.3, -0.25) is 9.59 Å². The first-order valence-corrected chi connectivity index (χ1v) is 5.66. The molecule has 1 aromatic rings. The molecule has 0 saturated carbocycles. The number of rotatable bonds is 5. The second-order valence-electron chi connectivity index (χ2n) is 4.60. The SMILES string of the molecule is CNC(C)(C)C(=O)Nc1cccc(CC(=O)O)c1. The number of carbonyl (C=O) groups excluding carboxylic acids is 1. The highest BCUT2D eigenvalue weighted by atomic mass is 16.4. The topological polar surface area (TPSA) is 78.4 Å². The number of aliphatic carboxylic acids is 1. The lowest BCUT2D eigenvalue weighted by Gasteiger charge is -2.22. The lowest BCUT2D eigenvalue weighted by molar-refractivity contribution is -0.136.